The number of aliphatic hydroxyl groups excluding tert-OH is 1. The number of piperidine rings is 1. The fourth-order valence-corrected chi connectivity index (χ4v) is 4.24. The van der Waals surface area contributed by atoms with E-state index < -0.39 is 18.1 Å². The summed E-state index contributed by atoms with van der Waals surface area (Å²) in [5.41, 5.74) is 6.77. The number of carbonyl (C=O) groups excluding carboxylic acids is 2. The molecule has 1 saturated heterocycles. The van der Waals surface area contributed by atoms with E-state index in [1.54, 1.807) is 6.20 Å². The normalized spacial score (nSPS) is 21.4. The van der Waals surface area contributed by atoms with Crippen molar-refractivity contribution in [2.75, 3.05) is 12.3 Å². The van der Waals surface area contributed by atoms with Crippen LogP contribution in [0.15, 0.2) is 30.5 Å². The topological polar surface area (TPSA) is 121 Å². The van der Waals surface area contributed by atoms with Crippen molar-refractivity contribution in [3.8, 4) is 0 Å². The van der Waals surface area contributed by atoms with E-state index in [9.17, 15) is 14.7 Å². The first-order valence-electron chi connectivity index (χ1n) is 10.9. The molecule has 31 heavy (non-hydrogen) atoms. The van der Waals surface area contributed by atoms with E-state index in [1.165, 1.54) is 6.92 Å². The van der Waals surface area contributed by atoms with Crippen molar-refractivity contribution in [2.24, 2.45) is 0 Å². The molecule has 1 unspecified atom stereocenters. The average Bonchev–Trinajstić information content (AvgIpc) is 2.73. The number of nitrogens with zero attached hydrogens (tertiary/aromatic N) is 2. The number of rotatable bonds is 7. The van der Waals surface area contributed by atoms with Crippen molar-refractivity contribution in [1.82, 2.24) is 20.5 Å². The molecular formula is C23H33N5O3. The van der Waals surface area contributed by atoms with Gasteiger partial charge in [0.15, 0.2) is 0 Å². The van der Waals surface area contributed by atoms with Crippen molar-refractivity contribution in [1.29, 1.82) is 0 Å². The molecule has 168 valence electrons. The molecule has 2 aromatic rings. The summed E-state index contributed by atoms with van der Waals surface area (Å²) >= 11 is 0. The minimum Gasteiger partial charge on any atom is -0.391 e. The fourth-order valence-electron chi connectivity index (χ4n) is 4.24. The van der Waals surface area contributed by atoms with Crippen LogP contribution in [-0.2, 0) is 16.1 Å². The molecule has 0 saturated carbocycles. The number of benzene rings is 1. The van der Waals surface area contributed by atoms with E-state index in [-0.39, 0.29) is 19.0 Å². The van der Waals surface area contributed by atoms with Crippen LogP contribution in [0.1, 0.15) is 45.6 Å². The van der Waals surface area contributed by atoms with E-state index in [1.807, 2.05) is 24.3 Å². The van der Waals surface area contributed by atoms with Crippen LogP contribution < -0.4 is 16.4 Å². The molecule has 8 heteroatoms. The maximum absolute atomic E-state index is 12.7. The zero-order valence-electron chi connectivity index (χ0n) is 18.5. The summed E-state index contributed by atoms with van der Waals surface area (Å²) < 4.78 is 0. The Kier molecular flexibility index (Phi) is 7.46. The number of aromatic nitrogens is 1. The van der Waals surface area contributed by atoms with E-state index >= 15 is 0 Å². The molecule has 4 atom stereocenters. The van der Waals surface area contributed by atoms with Crippen molar-refractivity contribution in [2.45, 2.75) is 70.8 Å². The maximum atomic E-state index is 12.7. The lowest BCUT2D eigenvalue weighted by molar-refractivity contribution is -0.132. The van der Waals surface area contributed by atoms with Crippen LogP contribution in [0.3, 0.4) is 0 Å². The number of anilines is 1. The second-order valence-electron chi connectivity index (χ2n) is 8.56. The Bertz CT molecular complexity index is 923. The third kappa shape index (κ3) is 5.71. The molecule has 1 fully saturated rings. The minimum atomic E-state index is -1.01. The zero-order chi connectivity index (χ0) is 22.5. The third-order valence-electron chi connectivity index (χ3n) is 6.11. The van der Waals surface area contributed by atoms with Crippen LogP contribution in [0.25, 0.3) is 10.8 Å². The number of fused-ring (bicyclic) bond motifs is 1. The van der Waals surface area contributed by atoms with Crippen LogP contribution in [-0.4, -0.2) is 57.6 Å². The summed E-state index contributed by atoms with van der Waals surface area (Å²) in [5, 5.41) is 17.4. The van der Waals surface area contributed by atoms with E-state index in [0.717, 1.165) is 35.6 Å². The first-order chi connectivity index (χ1) is 14.8. The molecule has 0 spiro atoms. The molecule has 0 aliphatic carbocycles. The van der Waals surface area contributed by atoms with Crippen LogP contribution in [0.4, 0.5) is 5.82 Å². The largest absolute Gasteiger partial charge is 0.391 e. The Morgan fingerprint density at radius 2 is 1.97 bits per heavy atom. The highest BCUT2D eigenvalue weighted by atomic mass is 16.3. The highest BCUT2D eigenvalue weighted by Crippen LogP contribution is 2.22. The second-order valence-corrected chi connectivity index (χ2v) is 8.56. The number of carbonyl (C=O) groups is 2. The number of aliphatic hydroxyl groups is 1. The first-order valence-corrected chi connectivity index (χ1v) is 10.9. The van der Waals surface area contributed by atoms with Gasteiger partial charge in [-0.15, -0.1) is 0 Å². The number of hydrogen-bond acceptors (Lipinski definition) is 6. The van der Waals surface area contributed by atoms with Gasteiger partial charge < -0.3 is 21.5 Å². The predicted molar refractivity (Wildman–Crippen MR) is 121 cm³/mol. The van der Waals surface area contributed by atoms with Crippen LogP contribution >= 0.6 is 0 Å². The summed E-state index contributed by atoms with van der Waals surface area (Å²) in [6.45, 7) is 6.24. The average molecular weight is 428 g/mol. The number of hydrogen-bond donors (Lipinski definition) is 4. The molecule has 1 aliphatic heterocycles. The van der Waals surface area contributed by atoms with E-state index in [0.29, 0.717) is 17.9 Å². The van der Waals surface area contributed by atoms with Gasteiger partial charge in [0, 0.05) is 30.2 Å². The van der Waals surface area contributed by atoms with Crippen molar-refractivity contribution in [3.05, 3.63) is 36.0 Å². The van der Waals surface area contributed by atoms with Gasteiger partial charge in [-0.1, -0.05) is 18.6 Å². The van der Waals surface area contributed by atoms with E-state index in [2.05, 4.69) is 34.4 Å². The van der Waals surface area contributed by atoms with Gasteiger partial charge in [0.1, 0.15) is 11.9 Å². The molecule has 2 amide bonds. The Labute approximate surface area is 183 Å². The minimum absolute atomic E-state index is 0.221. The lowest BCUT2D eigenvalue weighted by Gasteiger charge is -2.38. The Hall–Kier alpha value is -2.71. The fraction of sp³-hybridized carbons (Fsp3) is 0.522. The molecule has 1 aromatic heterocycles. The number of amides is 2. The van der Waals surface area contributed by atoms with Crippen LogP contribution in [0.5, 0.6) is 0 Å². The lowest BCUT2D eigenvalue weighted by atomic mass is 9.97. The van der Waals surface area contributed by atoms with Crippen molar-refractivity contribution >= 4 is 28.4 Å². The van der Waals surface area contributed by atoms with Gasteiger partial charge in [-0.25, -0.2) is 4.98 Å². The highest BCUT2D eigenvalue weighted by Gasteiger charge is 2.30. The summed E-state index contributed by atoms with van der Waals surface area (Å²) in [6.07, 6.45) is 3.92. The van der Waals surface area contributed by atoms with Gasteiger partial charge in [-0.05, 0) is 56.7 Å². The standard InChI is InChI=1S/C23H33N5O3/c1-14-5-4-6-15(2)28(14)13-20(30)27-21(16(3)29)23(31)26-12-17-7-8-19-18(11-17)9-10-25-22(19)24/h7-11,14-16,21,29H,4-6,12-13H2,1-3H3,(H2,24,25)(H,26,31)(H,27,30)/t14-,15+,16?,21-/m0/s1. The van der Waals surface area contributed by atoms with Crippen LogP contribution in [0.2, 0.25) is 0 Å². The Morgan fingerprint density at radius 3 is 2.65 bits per heavy atom. The number of nitrogen functional groups attached to an aromatic ring is 1. The maximum Gasteiger partial charge on any atom is 0.245 e. The predicted octanol–water partition coefficient (Wildman–Crippen LogP) is 1.56. The van der Waals surface area contributed by atoms with Gasteiger partial charge in [0.25, 0.3) is 0 Å². The Morgan fingerprint density at radius 1 is 1.26 bits per heavy atom. The van der Waals surface area contributed by atoms with Gasteiger partial charge in [0.05, 0.1) is 12.6 Å². The number of nitrogens with two attached hydrogens (primary N) is 1. The van der Waals surface area contributed by atoms with Gasteiger partial charge in [-0.3, -0.25) is 14.5 Å². The molecule has 1 aromatic carbocycles. The van der Waals surface area contributed by atoms with Gasteiger partial charge >= 0.3 is 0 Å². The summed E-state index contributed by atoms with van der Waals surface area (Å²) in [7, 11) is 0. The SMILES string of the molecule is CC(O)[C@H](NC(=O)CN1[C@H](C)CCC[C@@H]1C)C(=O)NCc1ccc2c(N)nccc2c1. The number of likely N-dealkylation sites (tertiary alicyclic amines) is 1. The second kappa shape index (κ2) is 10.1. The molecular weight excluding hydrogens is 394 g/mol. The van der Waals surface area contributed by atoms with Gasteiger partial charge in [-0.2, -0.15) is 0 Å². The van der Waals surface area contributed by atoms with Crippen molar-refractivity contribution in [3.63, 3.8) is 0 Å². The van der Waals surface area contributed by atoms with E-state index in [4.69, 9.17) is 5.73 Å². The zero-order valence-corrected chi connectivity index (χ0v) is 18.5. The molecule has 8 nitrogen and oxygen atoms in total. The van der Waals surface area contributed by atoms with Gasteiger partial charge in [0.2, 0.25) is 11.8 Å². The first kappa shape index (κ1) is 23.0. The Balaban J connectivity index is 1.59. The molecule has 1 aliphatic rings. The third-order valence-corrected chi connectivity index (χ3v) is 6.11. The smallest absolute Gasteiger partial charge is 0.245 e. The molecule has 5 N–H and O–H groups in total. The monoisotopic (exact) mass is 427 g/mol. The van der Waals surface area contributed by atoms with Crippen LogP contribution in [0, 0.1) is 0 Å². The highest BCUT2D eigenvalue weighted by molar-refractivity contribution is 5.91. The summed E-state index contributed by atoms with van der Waals surface area (Å²) in [6, 6.07) is 7.17. The molecule has 0 bridgehead atoms. The molecule has 2 heterocycles. The van der Waals surface area contributed by atoms with Crippen molar-refractivity contribution < 1.29 is 14.7 Å². The quantitative estimate of drug-likeness (QED) is 0.532. The summed E-state index contributed by atoms with van der Waals surface area (Å²) in [4.78, 5) is 31.5. The summed E-state index contributed by atoms with van der Waals surface area (Å²) in [5.74, 6) is -0.213. The lowest BCUT2D eigenvalue weighted by Crippen LogP contribution is -2.56. The molecule has 3 rings (SSSR count). The number of nitrogens with one attached hydrogen (secondary N) is 2. The molecule has 0 radical (unpaired) electrons. The number of pyridine rings is 1.